The fourth-order valence-corrected chi connectivity index (χ4v) is 1.95. The summed E-state index contributed by atoms with van der Waals surface area (Å²) in [5.74, 6) is 1.25. The fraction of sp³-hybridized carbons (Fsp3) is 0.0769. The lowest BCUT2D eigenvalue weighted by Crippen LogP contribution is -1.99. The average Bonchev–Trinajstić information content (AvgIpc) is 3.21. The maximum Gasteiger partial charge on any atom is 0.273 e. The van der Waals surface area contributed by atoms with Crippen LogP contribution < -0.4 is 10.5 Å². The Bertz CT molecular complexity index is 915. The van der Waals surface area contributed by atoms with Gasteiger partial charge in [-0.15, -0.1) is 0 Å². The van der Waals surface area contributed by atoms with Crippen molar-refractivity contribution in [3.63, 3.8) is 0 Å². The van der Waals surface area contributed by atoms with Gasteiger partial charge in [-0.05, 0) is 28.6 Å². The minimum atomic E-state index is -0.497. The Hall–Kier alpha value is -3.76. The van der Waals surface area contributed by atoms with Crippen LogP contribution in [-0.2, 0) is 0 Å². The molecule has 1 aromatic carbocycles. The molecule has 0 spiro atoms. The molecule has 0 saturated carbocycles. The molecule has 0 radical (unpaired) electrons. The van der Waals surface area contributed by atoms with E-state index >= 15 is 0 Å². The summed E-state index contributed by atoms with van der Waals surface area (Å²) in [6, 6.07) is 7.60. The molecule has 0 saturated heterocycles. The molecule has 11 heteroatoms. The van der Waals surface area contributed by atoms with E-state index in [2.05, 4.69) is 20.6 Å². The minimum absolute atomic E-state index is 0.0371. The molecule has 0 bridgehead atoms. The van der Waals surface area contributed by atoms with Crippen molar-refractivity contribution in [2.45, 2.75) is 0 Å². The number of hydrogen-bond donors (Lipinski definition) is 1. The molecule has 0 aliphatic carbocycles. The van der Waals surface area contributed by atoms with Gasteiger partial charge in [-0.25, -0.2) is 0 Å². The van der Waals surface area contributed by atoms with Gasteiger partial charge in [0.1, 0.15) is 17.3 Å². The number of non-ortho nitro benzene ring substituents is 1. The zero-order valence-corrected chi connectivity index (χ0v) is 12.4. The van der Waals surface area contributed by atoms with Gasteiger partial charge in [0, 0.05) is 6.07 Å². The first-order valence-corrected chi connectivity index (χ1v) is 6.59. The van der Waals surface area contributed by atoms with E-state index in [-0.39, 0.29) is 11.6 Å². The van der Waals surface area contributed by atoms with E-state index in [1.54, 1.807) is 18.2 Å². The standard InChI is InChI=1S/C13H11N7O4/c1-23-12-6-8(20(21)22)2-4-10(12)11-5-3-9(24-11)7-15-19-13(14)16-17-18-19/h2-7H,1H3,(H2,14,16,18)/b15-7-. The van der Waals surface area contributed by atoms with Crippen molar-refractivity contribution in [2.75, 3.05) is 12.8 Å². The van der Waals surface area contributed by atoms with E-state index in [0.717, 1.165) is 4.79 Å². The molecule has 3 aromatic rings. The molecule has 0 amide bonds. The number of aromatic nitrogens is 4. The lowest BCUT2D eigenvalue weighted by molar-refractivity contribution is -0.384. The van der Waals surface area contributed by atoms with Gasteiger partial charge >= 0.3 is 0 Å². The predicted molar refractivity (Wildman–Crippen MR) is 82.6 cm³/mol. The van der Waals surface area contributed by atoms with Crippen molar-refractivity contribution < 1.29 is 14.1 Å². The molecule has 0 aliphatic heterocycles. The highest BCUT2D eigenvalue weighted by Crippen LogP contribution is 2.33. The molecule has 2 N–H and O–H groups in total. The topological polar surface area (TPSA) is 147 Å². The number of nitro benzene ring substituents is 1. The predicted octanol–water partition coefficient (Wildman–Crippen LogP) is 1.31. The number of rotatable bonds is 5. The minimum Gasteiger partial charge on any atom is -0.496 e. The van der Waals surface area contributed by atoms with Crippen LogP contribution in [0.5, 0.6) is 5.75 Å². The quantitative estimate of drug-likeness (QED) is 0.418. The summed E-state index contributed by atoms with van der Waals surface area (Å²) in [6.45, 7) is 0. The van der Waals surface area contributed by atoms with Crippen molar-refractivity contribution >= 4 is 17.9 Å². The second kappa shape index (κ2) is 6.16. The van der Waals surface area contributed by atoms with E-state index in [0.29, 0.717) is 22.8 Å². The molecule has 2 aromatic heterocycles. The number of ether oxygens (including phenoxy) is 1. The number of hydrogen-bond acceptors (Lipinski definition) is 9. The molecule has 0 fully saturated rings. The maximum atomic E-state index is 10.8. The normalized spacial score (nSPS) is 11.0. The number of benzene rings is 1. The van der Waals surface area contributed by atoms with E-state index in [1.807, 2.05) is 0 Å². The second-order valence-corrected chi connectivity index (χ2v) is 4.51. The number of tetrazole rings is 1. The fourth-order valence-electron chi connectivity index (χ4n) is 1.95. The summed E-state index contributed by atoms with van der Waals surface area (Å²) in [5, 5.41) is 25.2. The van der Waals surface area contributed by atoms with Gasteiger partial charge in [-0.3, -0.25) is 10.1 Å². The van der Waals surface area contributed by atoms with Crippen molar-refractivity contribution in [3.8, 4) is 17.1 Å². The summed E-state index contributed by atoms with van der Waals surface area (Å²) in [5.41, 5.74) is 5.99. The molecule has 3 rings (SSSR count). The molecular formula is C13H11N7O4. The third-order valence-electron chi connectivity index (χ3n) is 3.06. The van der Waals surface area contributed by atoms with Crippen LogP contribution >= 0.6 is 0 Å². The highest BCUT2D eigenvalue weighted by atomic mass is 16.6. The maximum absolute atomic E-state index is 10.8. The van der Waals surface area contributed by atoms with E-state index in [9.17, 15) is 10.1 Å². The largest absolute Gasteiger partial charge is 0.496 e. The van der Waals surface area contributed by atoms with Gasteiger partial charge in [0.25, 0.3) is 11.6 Å². The van der Waals surface area contributed by atoms with Crippen LogP contribution in [-0.4, -0.2) is 38.6 Å². The summed E-state index contributed by atoms with van der Waals surface area (Å²) in [6.07, 6.45) is 1.38. The number of nitrogens with two attached hydrogens (primary N) is 1. The molecular weight excluding hydrogens is 318 g/mol. The van der Waals surface area contributed by atoms with Gasteiger partial charge < -0.3 is 14.9 Å². The smallest absolute Gasteiger partial charge is 0.273 e. The molecule has 2 heterocycles. The van der Waals surface area contributed by atoms with E-state index < -0.39 is 4.92 Å². The Labute approximate surface area is 134 Å². The second-order valence-electron chi connectivity index (χ2n) is 4.51. The molecule has 0 aliphatic rings. The van der Waals surface area contributed by atoms with E-state index in [1.165, 1.54) is 25.5 Å². The van der Waals surface area contributed by atoms with Gasteiger partial charge in [0.2, 0.25) is 0 Å². The number of anilines is 1. The highest BCUT2D eigenvalue weighted by molar-refractivity contribution is 5.78. The zero-order chi connectivity index (χ0) is 17.1. The SMILES string of the molecule is COc1cc([N+](=O)[O-])ccc1-c1ccc(/C=N\n2nnnc2N)o1. The van der Waals surface area contributed by atoms with E-state index in [4.69, 9.17) is 14.9 Å². The third-order valence-corrected chi connectivity index (χ3v) is 3.06. The number of nitrogens with zero attached hydrogens (tertiary/aromatic N) is 6. The Balaban J connectivity index is 1.89. The summed E-state index contributed by atoms with van der Waals surface area (Å²) < 4.78 is 10.8. The molecule has 0 atom stereocenters. The molecule has 122 valence electrons. The Kier molecular flexibility index (Phi) is 3.89. The van der Waals surface area contributed by atoms with Crippen LogP contribution in [0.2, 0.25) is 0 Å². The molecule has 0 unspecified atom stereocenters. The number of nitro groups is 1. The van der Waals surface area contributed by atoms with Gasteiger partial charge in [-0.2, -0.15) is 5.10 Å². The van der Waals surface area contributed by atoms with Gasteiger partial charge in [0.05, 0.1) is 29.9 Å². The number of nitrogen functional groups attached to an aromatic ring is 1. The first-order valence-electron chi connectivity index (χ1n) is 6.59. The van der Waals surface area contributed by atoms with Crippen LogP contribution in [0, 0.1) is 10.1 Å². The number of furan rings is 1. The highest BCUT2D eigenvalue weighted by Gasteiger charge is 2.15. The average molecular weight is 329 g/mol. The number of methoxy groups -OCH3 is 1. The lowest BCUT2D eigenvalue weighted by Gasteiger charge is -2.05. The van der Waals surface area contributed by atoms with Crippen molar-refractivity contribution in [2.24, 2.45) is 5.10 Å². The Morgan fingerprint density at radius 2 is 2.25 bits per heavy atom. The van der Waals surface area contributed by atoms with Crippen LogP contribution in [0.3, 0.4) is 0 Å². The van der Waals surface area contributed by atoms with Gasteiger partial charge in [0.15, 0.2) is 0 Å². The van der Waals surface area contributed by atoms with Crippen molar-refractivity contribution in [1.29, 1.82) is 0 Å². The lowest BCUT2D eigenvalue weighted by atomic mass is 10.1. The molecule has 11 nitrogen and oxygen atoms in total. The van der Waals surface area contributed by atoms with Crippen LogP contribution in [0.4, 0.5) is 11.6 Å². The first kappa shape index (κ1) is 15.1. The monoisotopic (exact) mass is 329 g/mol. The van der Waals surface area contributed by atoms with Crippen LogP contribution in [0.15, 0.2) is 39.9 Å². The first-order chi connectivity index (χ1) is 11.6. The summed E-state index contributed by atoms with van der Waals surface area (Å²) in [7, 11) is 1.42. The third kappa shape index (κ3) is 2.90. The zero-order valence-electron chi connectivity index (χ0n) is 12.4. The summed E-state index contributed by atoms with van der Waals surface area (Å²) in [4.78, 5) is 11.4. The van der Waals surface area contributed by atoms with Crippen molar-refractivity contribution in [3.05, 3.63) is 46.2 Å². The van der Waals surface area contributed by atoms with Gasteiger partial charge in [-0.1, -0.05) is 9.89 Å². The van der Waals surface area contributed by atoms with Crippen LogP contribution in [0.25, 0.3) is 11.3 Å². The Morgan fingerprint density at radius 3 is 2.92 bits per heavy atom. The van der Waals surface area contributed by atoms with Crippen molar-refractivity contribution in [1.82, 2.24) is 20.3 Å². The van der Waals surface area contributed by atoms with Crippen LogP contribution in [0.1, 0.15) is 5.76 Å². The Morgan fingerprint density at radius 1 is 1.42 bits per heavy atom. The summed E-state index contributed by atoms with van der Waals surface area (Å²) >= 11 is 0. The molecule has 24 heavy (non-hydrogen) atoms.